The Bertz CT molecular complexity index is 301. The van der Waals surface area contributed by atoms with Crippen LogP contribution in [-0.4, -0.2) is 26.4 Å². The van der Waals surface area contributed by atoms with Crippen molar-refractivity contribution in [2.24, 2.45) is 0 Å². The molecule has 1 heterocycles. The Morgan fingerprint density at radius 3 is 3.21 bits per heavy atom. The first-order chi connectivity index (χ1) is 6.90. The van der Waals surface area contributed by atoms with Gasteiger partial charge in [0.15, 0.2) is 0 Å². The number of anilines is 1. The molecular formula is C11H15NO2. The van der Waals surface area contributed by atoms with E-state index in [-0.39, 0.29) is 6.10 Å². The summed E-state index contributed by atoms with van der Waals surface area (Å²) in [4.78, 5) is 0. The molecule has 0 amide bonds. The highest BCUT2D eigenvalue weighted by Gasteiger charge is 2.17. The summed E-state index contributed by atoms with van der Waals surface area (Å²) in [6.45, 7) is 1.61. The van der Waals surface area contributed by atoms with Gasteiger partial charge in [-0.25, -0.2) is 0 Å². The largest absolute Gasteiger partial charge is 0.486 e. The maximum atomic E-state index is 5.79. The Labute approximate surface area is 84.0 Å². The molecule has 0 radical (unpaired) electrons. The summed E-state index contributed by atoms with van der Waals surface area (Å²) < 4.78 is 10.8. The number of rotatable bonds is 3. The fourth-order valence-electron chi connectivity index (χ4n) is 1.57. The van der Waals surface area contributed by atoms with Crippen LogP contribution < -0.4 is 10.1 Å². The normalized spacial score (nSPS) is 19.4. The molecule has 1 aliphatic heterocycles. The van der Waals surface area contributed by atoms with E-state index in [9.17, 15) is 0 Å². The van der Waals surface area contributed by atoms with Gasteiger partial charge in [-0.3, -0.25) is 0 Å². The third-order valence-corrected chi connectivity index (χ3v) is 2.34. The number of para-hydroxylation sites is 2. The molecule has 1 aromatic carbocycles. The third-order valence-electron chi connectivity index (χ3n) is 2.34. The van der Waals surface area contributed by atoms with Gasteiger partial charge in [-0.15, -0.1) is 0 Å². The van der Waals surface area contributed by atoms with Gasteiger partial charge in [0.2, 0.25) is 0 Å². The molecule has 1 unspecified atom stereocenters. The molecule has 14 heavy (non-hydrogen) atoms. The predicted octanol–water partition coefficient (Wildman–Crippen LogP) is 1.90. The molecule has 1 aromatic rings. The average Bonchev–Trinajstić information content (AvgIpc) is 2.26. The second-order valence-electron chi connectivity index (χ2n) is 3.40. The van der Waals surface area contributed by atoms with Crippen LogP contribution in [0.4, 0.5) is 5.69 Å². The van der Waals surface area contributed by atoms with Gasteiger partial charge in [0.05, 0.1) is 12.2 Å². The minimum Gasteiger partial charge on any atom is -0.486 e. The molecule has 0 bridgehead atoms. The van der Waals surface area contributed by atoms with Crippen molar-refractivity contribution >= 4 is 5.69 Å². The SMILES string of the molecule is COCCC1CNc2ccccc2O1. The standard InChI is InChI=1S/C11H15NO2/c1-13-7-6-9-8-12-10-4-2-3-5-11(10)14-9/h2-5,9,12H,6-8H2,1H3. The molecule has 0 aromatic heterocycles. The summed E-state index contributed by atoms with van der Waals surface area (Å²) in [6, 6.07) is 8.01. The first-order valence-corrected chi connectivity index (χ1v) is 4.88. The van der Waals surface area contributed by atoms with Gasteiger partial charge in [0.25, 0.3) is 0 Å². The third kappa shape index (κ3) is 1.99. The van der Waals surface area contributed by atoms with E-state index in [1.165, 1.54) is 0 Å². The van der Waals surface area contributed by atoms with E-state index in [1.807, 2.05) is 24.3 Å². The molecule has 2 rings (SSSR count). The predicted molar refractivity (Wildman–Crippen MR) is 55.8 cm³/mol. The first-order valence-electron chi connectivity index (χ1n) is 4.88. The van der Waals surface area contributed by atoms with Crippen LogP contribution >= 0.6 is 0 Å². The van der Waals surface area contributed by atoms with Crippen LogP contribution in [0.3, 0.4) is 0 Å². The highest BCUT2D eigenvalue weighted by molar-refractivity contribution is 5.57. The zero-order valence-corrected chi connectivity index (χ0v) is 8.32. The van der Waals surface area contributed by atoms with E-state index < -0.39 is 0 Å². The molecule has 1 atom stereocenters. The maximum Gasteiger partial charge on any atom is 0.142 e. The van der Waals surface area contributed by atoms with Crippen LogP contribution in [0.1, 0.15) is 6.42 Å². The van der Waals surface area contributed by atoms with E-state index in [0.29, 0.717) is 0 Å². The summed E-state index contributed by atoms with van der Waals surface area (Å²) in [5, 5.41) is 3.34. The van der Waals surface area contributed by atoms with Crippen LogP contribution in [0.5, 0.6) is 5.75 Å². The van der Waals surface area contributed by atoms with Crippen LogP contribution in [0.15, 0.2) is 24.3 Å². The Kier molecular flexibility index (Phi) is 2.89. The van der Waals surface area contributed by atoms with Crippen molar-refractivity contribution in [2.45, 2.75) is 12.5 Å². The minimum absolute atomic E-state index is 0.227. The fourth-order valence-corrected chi connectivity index (χ4v) is 1.57. The molecule has 76 valence electrons. The average molecular weight is 193 g/mol. The lowest BCUT2D eigenvalue weighted by Gasteiger charge is -2.27. The van der Waals surface area contributed by atoms with Crippen molar-refractivity contribution in [1.82, 2.24) is 0 Å². The van der Waals surface area contributed by atoms with Gasteiger partial charge < -0.3 is 14.8 Å². The molecule has 0 aliphatic carbocycles. The van der Waals surface area contributed by atoms with Crippen molar-refractivity contribution < 1.29 is 9.47 Å². The molecule has 0 saturated heterocycles. The molecule has 0 spiro atoms. The number of hydrogen-bond acceptors (Lipinski definition) is 3. The Morgan fingerprint density at radius 2 is 2.36 bits per heavy atom. The molecule has 3 heteroatoms. The lowest BCUT2D eigenvalue weighted by molar-refractivity contribution is 0.128. The van der Waals surface area contributed by atoms with E-state index >= 15 is 0 Å². The van der Waals surface area contributed by atoms with Crippen LogP contribution in [-0.2, 0) is 4.74 Å². The van der Waals surface area contributed by atoms with Crippen molar-refractivity contribution in [3.05, 3.63) is 24.3 Å². The highest BCUT2D eigenvalue weighted by Crippen LogP contribution is 2.28. The van der Waals surface area contributed by atoms with Crippen molar-refractivity contribution in [1.29, 1.82) is 0 Å². The Balaban J connectivity index is 1.99. The second-order valence-corrected chi connectivity index (χ2v) is 3.40. The number of fused-ring (bicyclic) bond motifs is 1. The number of methoxy groups -OCH3 is 1. The summed E-state index contributed by atoms with van der Waals surface area (Å²) in [6.07, 6.45) is 1.16. The smallest absolute Gasteiger partial charge is 0.142 e. The van der Waals surface area contributed by atoms with E-state index in [2.05, 4.69) is 5.32 Å². The molecular weight excluding hydrogens is 178 g/mol. The number of benzene rings is 1. The molecule has 1 N–H and O–H groups in total. The topological polar surface area (TPSA) is 30.5 Å². The van der Waals surface area contributed by atoms with Crippen LogP contribution in [0.25, 0.3) is 0 Å². The van der Waals surface area contributed by atoms with Crippen LogP contribution in [0, 0.1) is 0 Å². The first kappa shape index (κ1) is 9.34. The molecule has 0 saturated carbocycles. The lowest BCUT2D eigenvalue weighted by Crippen LogP contribution is -2.31. The van der Waals surface area contributed by atoms with Gasteiger partial charge in [0, 0.05) is 20.1 Å². The number of ether oxygens (including phenoxy) is 2. The van der Waals surface area contributed by atoms with Crippen molar-refractivity contribution in [2.75, 3.05) is 25.6 Å². The van der Waals surface area contributed by atoms with Gasteiger partial charge in [-0.2, -0.15) is 0 Å². The van der Waals surface area contributed by atoms with Gasteiger partial charge in [0.1, 0.15) is 11.9 Å². The molecule has 3 nitrogen and oxygen atoms in total. The quantitative estimate of drug-likeness (QED) is 0.795. The monoisotopic (exact) mass is 193 g/mol. The number of hydrogen-bond donors (Lipinski definition) is 1. The second kappa shape index (κ2) is 4.33. The van der Waals surface area contributed by atoms with Crippen molar-refractivity contribution in [3.63, 3.8) is 0 Å². The lowest BCUT2D eigenvalue weighted by atomic mass is 10.2. The van der Waals surface area contributed by atoms with E-state index in [0.717, 1.165) is 31.0 Å². The summed E-state index contributed by atoms with van der Waals surface area (Å²) in [7, 11) is 1.71. The van der Waals surface area contributed by atoms with E-state index in [1.54, 1.807) is 7.11 Å². The summed E-state index contributed by atoms with van der Waals surface area (Å²) in [5.41, 5.74) is 1.08. The Morgan fingerprint density at radius 1 is 1.50 bits per heavy atom. The maximum absolute atomic E-state index is 5.79. The number of nitrogens with one attached hydrogen (secondary N) is 1. The summed E-state index contributed by atoms with van der Waals surface area (Å²) in [5.74, 6) is 0.944. The van der Waals surface area contributed by atoms with Crippen molar-refractivity contribution in [3.8, 4) is 5.75 Å². The van der Waals surface area contributed by atoms with Crippen LogP contribution in [0.2, 0.25) is 0 Å². The van der Waals surface area contributed by atoms with Gasteiger partial charge in [-0.1, -0.05) is 12.1 Å². The zero-order chi connectivity index (χ0) is 9.80. The minimum atomic E-state index is 0.227. The fraction of sp³-hybridized carbons (Fsp3) is 0.455. The molecule has 0 fully saturated rings. The highest BCUT2D eigenvalue weighted by atomic mass is 16.5. The zero-order valence-electron chi connectivity index (χ0n) is 8.32. The summed E-state index contributed by atoms with van der Waals surface area (Å²) >= 11 is 0. The molecule has 1 aliphatic rings. The Hall–Kier alpha value is -1.22. The van der Waals surface area contributed by atoms with E-state index in [4.69, 9.17) is 9.47 Å². The van der Waals surface area contributed by atoms with Gasteiger partial charge in [-0.05, 0) is 12.1 Å². The van der Waals surface area contributed by atoms with Gasteiger partial charge >= 0.3 is 0 Å².